The fourth-order valence-electron chi connectivity index (χ4n) is 3.19. The van der Waals surface area contributed by atoms with E-state index < -0.39 is 0 Å². The van der Waals surface area contributed by atoms with Crippen LogP contribution in [0.5, 0.6) is 5.75 Å². The molecule has 2 heterocycles. The maximum Gasteiger partial charge on any atom is 0.256 e. The van der Waals surface area contributed by atoms with Gasteiger partial charge in [0.1, 0.15) is 11.9 Å². The SMILES string of the molecule is O=C(c1cccc2cc[nH]c12)N1CCO[C@@H](c2cccc(O)c2)C1. The first-order chi connectivity index (χ1) is 11.7. The number of amides is 1. The van der Waals surface area contributed by atoms with Gasteiger partial charge in [0.25, 0.3) is 5.91 Å². The molecule has 5 heteroatoms. The van der Waals surface area contributed by atoms with Gasteiger partial charge in [-0.15, -0.1) is 0 Å². The number of aromatic nitrogens is 1. The first-order valence-electron chi connectivity index (χ1n) is 7.98. The van der Waals surface area contributed by atoms with E-state index in [0.29, 0.717) is 25.3 Å². The van der Waals surface area contributed by atoms with E-state index in [-0.39, 0.29) is 17.8 Å². The molecule has 1 atom stereocenters. The Labute approximate surface area is 139 Å². The summed E-state index contributed by atoms with van der Waals surface area (Å²) in [7, 11) is 0. The van der Waals surface area contributed by atoms with Crippen LogP contribution in [0, 0.1) is 0 Å². The molecule has 0 spiro atoms. The molecular weight excluding hydrogens is 304 g/mol. The third-order valence-electron chi connectivity index (χ3n) is 4.41. The Balaban J connectivity index is 1.60. The lowest BCUT2D eigenvalue weighted by Gasteiger charge is -2.33. The van der Waals surface area contributed by atoms with Gasteiger partial charge in [0.2, 0.25) is 0 Å². The highest BCUT2D eigenvalue weighted by Gasteiger charge is 2.27. The minimum atomic E-state index is -0.224. The van der Waals surface area contributed by atoms with Crippen molar-refractivity contribution in [3.05, 3.63) is 65.9 Å². The number of carbonyl (C=O) groups is 1. The van der Waals surface area contributed by atoms with Gasteiger partial charge >= 0.3 is 0 Å². The largest absolute Gasteiger partial charge is 0.508 e. The molecule has 0 bridgehead atoms. The molecule has 2 N–H and O–H groups in total. The number of rotatable bonds is 2. The lowest BCUT2D eigenvalue weighted by Crippen LogP contribution is -2.42. The van der Waals surface area contributed by atoms with Gasteiger partial charge in [0.15, 0.2) is 0 Å². The zero-order valence-corrected chi connectivity index (χ0v) is 13.1. The first-order valence-corrected chi connectivity index (χ1v) is 7.98. The Morgan fingerprint density at radius 1 is 1.21 bits per heavy atom. The third kappa shape index (κ3) is 2.63. The Morgan fingerprint density at radius 2 is 2.08 bits per heavy atom. The number of para-hydroxylation sites is 1. The molecule has 2 aromatic carbocycles. The van der Waals surface area contributed by atoms with Crippen LogP contribution < -0.4 is 0 Å². The average Bonchev–Trinajstić information content (AvgIpc) is 3.10. The van der Waals surface area contributed by atoms with Gasteiger partial charge in [0.05, 0.1) is 24.2 Å². The maximum absolute atomic E-state index is 13.0. The van der Waals surface area contributed by atoms with Crippen molar-refractivity contribution in [1.82, 2.24) is 9.88 Å². The van der Waals surface area contributed by atoms with E-state index in [4.69, 9.17) is 4.74 Å². The summed E-state index contributed by atoms with van der Waals surface area (Å²) in [6.07, 6.45) is 1.62. The summed E-state index contributed by atoms with van der Waals surface area (Å²) in [6, 6.07) is 14.7. The molecule has 1 fully saturated rings. The number of nitrogens with zero attached hydrogens (tertiary/aromatic N) is 1. The number of nitrogens with one attached hydrogen (secondary N) is 1. The number of fused-ring (bicyclic) bond motifs is 1. The van der Waals surface area contributed by atoms with Gasteiger partial charge < -0.3 is 19.7 Å². The van der Waals surface area contributed by atoms with Crippen LogP contribution in [-0.4, -0.2) is 40.6 Å². The van der Waals surface area contributed by atoms with E-state index in [1.807, 2.05) is 41.4 Å². The van der Waals surface area contributed by atoms with E-state index in [0.717, 1.165) is 16.5 Å². The van der Waals surface area contributed by atoms with Crippen molar-refractivity contribution < 1.29 is 14.6 Å². The summed E-state index contributed by atoms with van der Waals surface area (Å²) in [4.78, 5) is 17.9. The predicted molar refractivity (Wildman–Crippen MR) is 91.0 cm³/mol. The van der Waals surface area contributed by atoms with Crippen molar-refractivity contribution in [2.75, 3.05) is 19.7 Å². The number of phenolic OH excluding ortho intramolecular Hbond substituents is 1. The van der Waals surface area contributed by atoms with Crippen LogP contribution in [0.2, 0.25) is 0 Å². The Hall–Kier alpha value is -2.79. The summed E-state index contributed by atoms with van der Waals surface area (Å²) >= 11 is 0. The Bertz CT molecular complexity index is 887. The highest BCUT2D eigenvalue weighted by molar-refractivity contribution is 6.05. The number of benzene rings is 2. The van der Waals surface area contributed by atoms with Crippen LogP contribution >= 0.6 is 0 Å². The lowest BCUT2D eigenvalue weighted by atomic mass is 10.1. The molecule has 122 valence electrons. The van der Waals surface area contributed by atoms with Crippen molar-refractivity contribution in [2.24, 2.45) is 0 Å². The number of aromatic amines is 1. The minimum Gasteiger partial charge on any atom is -0.508 e. The minimum absolute atomic E-state index is 0.00324. The molecule has 24 heavy (non-hydrogen) atoms. The third-order valence-corrected chi connectivity index (χ3v) is 4.41. The average molecular weight is 322 g/mol. The molecule has 1 aliphatic rings. The fraction of sp³-hybridized carbons (Fsp3) is 0.211. The summed E-state index contributed by atoms with van der Waals surface area (Å²) < 4.78 is 5.79. The van der Waals surface area contributed by atoms with E-state index in [2.05, 4.69) is 4.98 Å². The van der Waals surface area contributed by atoms with Gasteiger partial charge in [-0.1, -0.05) is 24.3 Å². The molecule has 1 saturated heterocycles. The molecule has 5 nitrogen and oxygen atoms in total. The molecular formula is C19H18N2O3. The monoisotopic (exact) mass is 322 g/mol. The van der Waals surface area contributed by atoms with Crippen molar-refractivity contribution in [2.45, 2.75) is 6.10 Å². The van der Waals surface area contributed by atoms with E-state index in [1.165, 1.54) is 0 Å². The van der Waals surface area contributed by atoms with Gasteiger partial charge in [-0.3, -0.25) is 4.79 Å². The molecule has 1 aliphatic heterocycles. The number of ether oxygens (including phenoxy) is 1. The predicted octanol–water partition coefficient (Wildman–Crippen LogP) is 3.09. The van der Waals surface area contributed by atoms with Gasteiger partial charge in [0, 0.05) is 18.1 Å². The number of phenols is 1. The maximum atomic E-state index is 13.0. The topological polar surface area (TPSA) is 65.6 Å². The summed E-state index contributed by atoms with van der Waals surface area (Å²) in [5.74, 6) is 0.201. The molecule has 4 rings (SSSR count). The van der Waals surface area contributed by atoms with Crippen LogP contribution in [-0.2, 0) is 4.74 Å². The van der Waals surface area contributed by atoms with Crippen molar-refractivity contribution in [3.63, 3.8) is 0 Å². The molecule has 1 amide bonds. The van der Waals surface area contributed by atoms with Crippen molar-refractivity contribution in [1.29, 1.82) is 0 Å². The van der Waals surface area contributed by atoms with Crippen molar-refractivity contribution in [3.8, 4) is 5.75 Å². The number of aromatic hydroxyl groups is 1. The Morgan fingerprint density at radius 3 is 2.96 bits per heavy atom. The van der Waals surface area contributed by atoms with Crippen LogP contribution in [0.25, 0.3) is 10.9 Å². The molecule has 0 aliphatic carbocycles. The second-order valence-electron chi connectivity index (χ2n) is 5.95. The zero-order valence-electron chi connectivity index (χ0n) is 13.1. The standard InChI is InChI=1S/C19H18N2O3/c22-15-5-1-4-14(11-15)17-12-21(9-10-24-17)19(23)16-6-2-3-13-7-8-20-18(13)16/h1-8,11,17,20,22H,9-10,12H2/t17-/m1/s1. The number of H-pyrrole nitrogens is 1. The number of hydrogen-bond acceptors (Lipinski definition) is 3. The molecule has 0 radical (unpaired) electrons. The van der Waals surface area contributed by atoms with Crippen LogP contribution in [0.4, 0.5) is 0 Å². The quantitative estimate of drug-likeness (QED) is 0.762. The fourth-order valence-corrected chi connectivity index (χ4v) is 3.19. The number of hydrogen-bond donors (Lipinski definition) is 2. The Kier molecular flexibility index (Phi) is 3.70. The van der Waals surface area contributed by atoms with Gasteiger partial charge in [-0.25, -0.2) is 0 Å². The molecule has 1 aromatic heterocycles. The van der Waals surface area contributed by atoms with Gasteiger partial charge in [-0.05, 0) is 29.8 Å². The summed E-state index contributed by atoms with van der Waals surface area (Å²) in [6.45, 7) is 1.51. The van der Waals surface area contributed by atoms with Crippen LogP contribution in [0.15, 0.2) is 54.7 Å². The van der Waals surface area contributed by atoms with E-state index in [1.54, 1.807) is 18.2 Å². The number of morpholine rings is 1. The molecule has 0 unspecified atom stereocenters. The summed E-state index contributed by atoms with van der Waals surface area (Å²) in [5, 5.41) is 10.7. The van der Waals surface area contributed by atoms with E-state index >= 15 is 0 Å². The van der Waals surface area contributed by atoms with Crippen LogP contribution in [0.3, 0.4) is 0 Å². The smallest absolute Gasteiger partial charge is 0.256 e. The van der Waals surface area contributed by atoms with Crippen molar-refractivity contribution >= 4 is 16.8 Å². The lowest BCUT2D eigenvalue weighted by molar-refractivity contribution is -0.0228. The highest BCUT2D eigenvalue weighted by Crippen LogP contribution is 2.27. The second kappa shape index (κ2) is 6.02. The van der Waals surface area contributed by atoms with Crippen LogP contribution in [0.1, 0.15) is 22.0 Å². The second-order valence-corrected chi connectivity index (χ2v) is 5.95. The van der Waals surface area contributed by atoms with Gasteiger partial charge in [-0.2, -0.15) is 0 Å². The summed E-state index contributed by atoms with van der Waals surface area (Å²) in [5.41, 5.74) is 2.42. The zero-order chi connectivity index (χ0) is 16.5. The first kappa shape index (κ1) is 14.8. The molecule has 0 saturated carbocycles. The van der Waals surface area contributed by atoms with E-state index in [9.17, 15) is 9.90 Å². The highest BCUT2D eigenvalue weighted by atomic mass is 16.5. The number of carbonyl (C=O) groups excluding carboxylic acids is 1. The molecule has 3 aromatic rings. The normalized spacial score (nSPS) is 18.0.